The molecule has 0 aliphatic rings. The summed E-state index contributed by atoms with van der Waals surface area (Å²) < 4.78 is 0. The summed E-state index contributed by atoms with van der Waals surface area (Å²) in [5, 5.41) is 2.86. The molecule has 0 aliphatic heterocycles. The Morgan fingerprint density at radius 2 is 2.00 bits per heavy atom. The van der Waals surface area contributed by atoms with Crippen molar-refractivity contribution < 1.29 is 4.79 Å². The highest BCUT2D eigenvalue weighted by atomic mass is 16.2. The predicted molar refractivity (Wildman–Crippen MR) is 58.4 cm³/mol. The molecule has 0 saturated carbocycles. The van der Waals surface area contributed by atoms with E-state index in [1.807, 2.05) is 37.3 Å². The smallest absolute Gasteiger partial charge is 0.240 e. The van der Waals surface area contributed by atoms with Crippen LogP contribution in [0.2, 0.25) is 0 Å². The number of amides is 1. The van der Waals surface area contributed by atoms with E-state index in [4.69, 9.17) is 0 Å². The van der Waals surface area contributed by atoms with E-state index in [-0.39, 0.29) is 5.91 Å². The Morgan fingerprint density at radius 1 is 1.36 bits per heavy atom. The topological polar surface area (TPSA) is 32.3 Å². The summed E-state index contributed by atoms with van der Waals surface area (Å²) in [5.74, 6) is 0.0983. The molecule has 0 bridgehead atoms. The van der Waals surface area contributed by atoms with Crippen molar-refractivity contribution in [3.05, 3.63) is 30.3 Å². The van der Waals surface area contributed by atoms with Gasteiger partial charge in [0, 0.05) is 12.2 Å². The number of rotatable bonds is 4. The first-order valence-corrected chi connectivity index (χ1v) is 4.79. The van der Waals surface area contributed by atoms with Crippen molar-refractivity contribution >= 4 is 11.6 Å². The van der Waals surface area contributed by atoms with Crippen LogP contribution in [0, 0.1) is 0 Å². The molecule has 0 radical (unpaired) electrons. The Labute approximate surface area is 84.7 Å². The van der Waals surface area contributed by atoms with Gasteiger partial charge in [-0.1, -0.05) is 18.2 Å². The highest BCUT2D eigenvalue weighted by Crippen LogP contribution is 2.12. The molecule has 0 fully saturated rings. The SMILES string of the molecule is CCN(C(=O)CNC)c1ccccc1. The summed E-state index contributed by atoms with van der Waals surface area (Å²) in [6, 6.07) is 9.70. The van der Waals surface area contributed by atoms with Crippen LogP contribution >= 0.6 is 0 Å². The summed E-state index contributed by atoms with van der Waals surface area (Å²) in [7, 11) is 1.77. The van der Waals surface area contributed by atoms with Gasteiger partial charge in [0.25, 0.3) is 0 Å². The molecule has 3 nitrogen and oxygen atoms in total. The van der Waals surface area contributed by atoms with Gasteiger partial charge in [0.1, 0.15) is 0 Å². The Morgan fingerprint density at radius 3 is 2.50 bits per heavy atom. The minimum Gasteiger partial charge on any atom is -0.312 e. The second-order valence-electron chi connectivity index (χ2n) is 3.00. The third-order valence-electron chi connectivity index (χ3n) is 2.01. The summed E-state index contributed by atoms with van der Waals surface area (Å²) in [6.07, 6.45) is 0. The molecule has 1 aromatic rings. The van der Waals surface area contributed by atoms with Crippen molar-refractivity contribution in [1.82, 2.24) is 5.32 Å². The summed E-state index contributed by atoms with van der Waals surface area (Å²) in [4.78, 5) is 13.4. The molecule has 0 atom stereocenters. The van der Waals surface area contributed by atoms with Gasteiger partial charge >= 0.3 is 0 Å². The quantitative estimate of drug-likeness (QED) is 0.779. The molecule has 14 heavy (non-hydrogen) atoms. The molecule has 1 amide bonds. The second-order valence-corrected chi connectivity index (χ2v) is 3.00. The molecule has 1 N–H and O–H groups in total. The number of carbonyl (C=O) groups excluding carboxylic acids is 1. The van der Waals surface area contributed by atoms with E-state index in [0.29, 0.717) is 13.1 Å². The first-order chi connectivity index (χ1) is 6.79. The van der Waals surface area contributed by atoms with Crippen LogP contribution in [0.3, 0.4) is 0 Å². The number of nitrogens with zero attached hydrogens (tertiary/aromatic N) is 1. The Kier molecular flexibility index (Phi) is 4.13. The van der Waals surface area contributed by atoms with E-state index in [9.17, 15) is 4.79 Å². The third-order valence-corrected chi connectivity index (χ3v) is 2.01. The Hall–Kier alpha value is -1.35. The van der Waals surface area contributed by atoms with Crippen LogP contribution in [0.25, 0.3) is 0 Å². The van der Waals surface area contributed by atoms with E-state index < -0.39 is 0 Å². The van der Waals surface area contributed by atoms with Gasteiger partial charge in [-0.25, -0.2) is 0 Å². The van der Waals surface area contributed by atoms with Crippen LogP contribution in [0.15, 0.2) is 30.3 Å². The average molecular weight is 192 g/mol. The molecule has 0 aromatic heterocycles. The van der Waals surface area contributed by atoms with E-state index in [1.54, 1.807) is 11.9 Å². The van der Waals surface area contributed by atoms with E-state index in [2.05, 4.69) is 5.32 Å². The zero-order valence-electron chi connectivity index (χ0n) is 8.66. The summed E-state index contributed by atoms with van der Waals surface area (Å²) in [6.45, 7) is 3.05. The van der Waals surface area contributed by atoms with Crippen molar-refractivity contribution in [2.75, 3.05) is 25.0 Å². The molecule has 0 unspecified atom stereocenters. The van der Waals surface area contributed by atoms with Crippen LogP contribution in [0.4, 0.5) is 5.69 Å². The van der Waals surface area contributed by atoms with E-state index in [0.717, 1.165) is 5.69 Å². The number of hydrogen-bond acceptors (Lipinski definition) is 2. The second kappa shape index (κ2) is 5.40. The maximum Gasteiger partial charge on any atom is 0.240 e. The Balaban J connectivity index is 2.77. The summed E-state index contributed by atoms with van der Waals surface area (Å²) >= 11 is 0. The fourth-order valence-electron chi connectivity index (χ4n) is 1.36. The van der Waals surface area contributed by atoms with Crippen molar-refractivity contribution in [3.8, 4) is 0 Å². The lowest BCUT2D eigenvalue weighted by molar-refractivity contribution is -0.117. The number of anilines is 1. The van der Waals surface area contributed by atoms with Gasteiger partial charge in [0.05, 0.1) is 6.54 Å². The van der Waals surface area contributed by atoms with Crippen LogP contribution < -0.4 is 10.2 Å². The van der Waals surface area contributed by atoms with Crippen LogP contribution in [0.1, 0.15) is 6.92 Å². The number of benzene rings is 1. The monoisotopic (exact) mass is 192 g/mol. The van der Waals surface area contributed by atoms with Gasteiger partial charge < -0.3 is 10.2 Å². The highest BCUT2D eigenvalue weighted by Gasteiger charge is 2.11. The lowest BCUT2D eigenvalue weighted by Crippen LogP contribution is -2.37. The zero-order chi connectivity index (χ0) is 10.4. The molecule has 1 rings (SSSR count). The maximum absolute atomic E-state index is 11.6. The fraction of sp³-hybridized carbons (Fsp3) is 0.364. The molecule has 1 aromatic carbocycles. The number of nitrogens with one attached hydrogen (secondary N) is 1. The molecule has 76 valence electrons. The lowest BCUT2D eigenvalue weighted by atomic mass is 10.3. The van der Waals surface area contributed by atoms with Gasteiger partial charge in [-0.2, -0.15) is 0 Å². The minimum atomic E-state index is 0.0983. The number of para-hydroxylation sites is 1. The van der Waals surface area contributed by atoms with Crippen molar-refractivity contribution in [2.24, 2.45) is 0 Å². The molecule has 0 heterocycles. The van der Waals surface area contributed by atoms with Gasteiger partial charge in [-0.15, -0.1) is 0 Å². The Bertz CT molecular complexity index is 285. The van der Waals surface area contributed by atoms with Crippen LogP contribution in [-0.4, -0.2) is 26.0 Å². The molecule has 0 aliphatic carbocycles. The van der Waals surface area contributed by atoms with Gasteiger partial charge in [-0.3, -0.25) is 4.79 Å². The fourth-order valence-corrected chi connectivity index (χ4v) is 1.36. The largest absolute Gasteiger partial charge is 0.312 e. The first-order valence-electron chi connectivity index (χ1n) is 4.79. The molecule has 0 saturated heterocycles. The zero-order valence-corrected chi connectivity index (χ0v) is 8.66. The van der Waals surface area contributed by atoms with Gasteiger partial charge in [0.15, 0.2) is 0 Å². The first kappa shape index (κ1) is 10.7. The third kappa shape index (κ3) is 2.57. The van der Waals surface area contributed by atoms with E-state index >= 15 is 0 Å². The van der Waals surface area contributed by atoms with Gasteiger partial charge in [-0.05, 0) is 26.1 Å². The minimum absolute atomic E-state index is 0.0983. The van der Waals surface area contributed by atoms with Crippen LogP contribution in [0.5, 0.6) is 0 Å². The van der Waals surface area contributed by atoms with Gasteiger partial charge in [0.2, 0.25) is 5.91 Å². The summed E-state index contributed by atoms with van der Waals surface area (Å²) in [5.41, 5.74) is 0.954. The number of likely N-dealkylation sites (N-methyl/N-ethyl adjacent to an activating group) is 2. The van der Waals surface area contributed by atoms with Crippen LogP contribution in [-0.2, 0) is 4.79 Å². The molecular formula is C11H16N2O. The normalized spacial score (nSPS) is 9.86. The average Bonchev–Trinajstić information content (AvgIpc) is 2.21. The van der Waals surface area contributed by atoms with Crippen molar-refractivity contribution in [3.63, 3.8) is 0 Å². The number of carbonyl (C=O) groups is 1. The van der Waals surface area contributed by atoms with E-state index in [1.165, 1.54) is 0 Å². The number of hydrogen-bond donors (Lipinski definition) is 1. The molecule has 0 spiro atoms. The lowest BCUT2D eigenvalue weighted by Gasteiger charge is -2.20. The molecular weight excluding hydrogens is 176 g/mol. The molecule has 3 heteroatoms. The van der Waals surface area contributed by atoms with Crippen molar-refractivity contribution in [2.45, 2.75) is 6.92 Å². The highest BCUT2D eigenvalue weighted by molar-refractivity contribution is 5.94. The van der Waals surface area contributed by atoms with Crippen molar-refractivity contribution in [1.29, 1.82) is 0 Å². The predicted octanol–water partition coefficient (Wildman–Crippen LogP) is 1.26. The maximum atomic E-state index is 11.6. The standard InChI is InChI=1S/C11H16N2O/c1-3-13(11(14)9-12-2)10-7-5-4-6-8-10/h4-8,12H,3,9H2,1-2H3.